The van der Waals surface area contributed by atoms with Gasteiger partial charge in [-0.25, -0.2) is 0 Å². The third-order valence-corrected chi connectivity index (χ3v) is 13.3. The molecule has 44 heavy (non-hydrogen) atoms. The Labute approximate surface area is 263 Å². The van der Waals surface area contributed by atoms with E-state index in [0.717, 1.165) is 49.7 Å². The van der Waals surface area contributed by atoms with Gasteiger partial charge in [-0.2, -0.15) is 0 Å². The molecule has 250 valence electrons. The van der Waals surface area contributed by atoms with Crippen LogP contribution in [0.15, 0.2) is 34.9 Å². The molecule has 0 aromatic carbocycles. The van der Waals surface area contributed by atoms with E-state index in [2.05, 4.69) is 61.1 Å². The van der Waals surface area contributed by atoms with Crippen molar-refractivity contribution in [2.75, 3.05) is 6.61 Å². The molecule has 0 radical (unpaired) electrons. The molecular formula is C36H58O8. The molecule has 5 aliphatic rings. The predicted molar refractivity (Wildman–Crippen MR) is 168 cm³/mol. The minimum Gasteiger partial charge on any atom is -0.394 e. The lowest BCUT2D eigenvalue weighted by atomic mass is 9.45. The van der Waals surface area contributed by atoms with Crippen LogP contribution in [0, 0.1) is 34.0 Å². The third kappa shape index (κ3) is 4.93. The van der Waals surface area contributed by atoms with E-state index in [0.29, 0.717) is 24.7 Å². The van der Waals surface area contributed by atoms with Crippen LogP contribution in [0.2, 0.25) is 0 Å². The van der Waals surface area contributed by atoms with Gasteiger partial charge in [-0.3, -0.25) is 0 Å². The molecule has 0 aromatic heterocycles. The molecule has 1 saturated heterocycles. The normalized spacial score (nSPS) is 45.8. The maximum atomic E-state index is 12.3. The van der Waals surface area contributed by atoms with Crippen LogP contribution in [0.1, 0.15) is 99.8 Å². The summed E-state index contributed by atoms with van der Waals surface area (Å²) in [6, 6.07) is 0. The van der Waals surface area contributed by atoms with E-state index < -0.39 is 54.4 Å². The number of hydrogen-bond acceptors (Lipinski definition) is 8. The number of aliphatic hydroxyl groups is 6. The summed E-state index contributed by atoms with van der Waals surface area (Å²) in [5, 5.41) is 65.3. The summed E-state index contributed by atoms with van der Waals surface area (Å²) in [7, 11) is 0. The lowest BCUT2D eigenvalue weighted by Crippen LogP contribution is -2.65. The Morgan fingerprint density at radius 3 is 2.32 bits per heavy atom. The van der Waals surface area contributed by atoms with Gasteiger partial charge in [-0.05, 0) is 91.1 Å². The standard InChI is InChI=1S/C36H58O8/c1-19(2)20(3)9-10-21(4)36(44-32-31(42)30(41)29(40)25(18-37)43-32)16-13-23-22-11-12-26-33(5,6)27(38)14-15-34(26,7)24(22)17-28(39)35(23,36)8/h13,19,21,25-32,37-42H,3,9-12,14-18H2,1-2,4-8H3/t21-,25?,26?,27?,28?,29?,30?,31?,32?,34-,35-,36?/m1/s1. The van der Waals surface area contributed by atoms with Crippen LogP contribution in [-0.2, 0) is 9.47 Å². The first-order chi connectivity index (χ1) is 20.5. The summed E-state index contributed by atoms with van der Waals surface area (Å²) in [4.78, 5) is 0. The number of ether oxygens (including phenoxy) is 2. The fourth-order valence-corrected chi connectivity index (χ4v) is 10.0. The highest BCUT2D eigenvalue weighted by molar-refractivity contribution is 5.53. The van der Waals surface area contributed by atoms with Crippen molar-refractivity contribution in [1.82, 2.24) is 0 Å². The Balaban J connectivity index is 1.56. The van der Waals surface area contributed by atoms with Gasteiger partial charge in [-0.1, -0.05) is 72.3 Å². The highest BCUT2D eigenvalue weighted by Gasteiger charge is 2.66. The van der Waals surface area contributed by atoms with Crippen molar-refractivity contribution in [3.05, 3.63) is 34.9 Å². The van der Waals surface area contributed by atoms with Crippen LogP contribution in [-0.4, -0.2) is 85.8 Å². The molecule has 4 aliphatic carbocycles. The Morgan fingerprint density at radius 2 is 1.68 bits per heavy atom. The monoisotopic (exact) mass is 618 g/mol. The van der Waals surface area contributed by atoms with E-state index in [4.69, 9.17) is 9.47 Å². The maximum Gasteiger partial charge on any atom is 0.187 e. The van der Waals surface area contributed by atoms with Gasteiger partial charge in [0, 0.05) is 5.41 Å². The van der Waals surface area contributed by atoms with Crippen LogP contribution in [0.3, 0.4) is 0 Å². The molecule has 1 aliphatic heterocycles. The Hall–Kier alpha value is -1.10. The van der Waals surface area contributed by atoms with E-state index in [1.807, 2.05) is 0 Å². The molecule has 1 saturated carbocycles. The largest absolute Gasteiger partial charge is 0.394 e. The van der Waals surface area contributed by atoms with Crippen LogP contribution in [0.25, 0.3) is 0 Å². The SMILES string of the molecule is C=C(CC[C@@H](C)C1(OC2OC(CO)C(O)C(O)C2O)CC=C2C3=C(CC(O)[C@@]21C)[C@@]1(C)CCC(O)C(C)(C)C1CC3)C(C)C. The summed E-state index contributed by atoms with van der Waals surface area (Å²) in [6.07, 6.45) is 0.146. The van der Waals surface area contributed by atoms with E-state index >= 15 is 0 Å². The predicted octanol–water partition coefficient (Wildman–Crippen LogP) is 4.17. The highest BCUT2D eigenvalue weighted by Crippen LogP contribution is 2.68. The van der Waals surface area contributed by atoms with Crippen molar-refractivity contribution >= 4 is 0 Å². The molecule has 2 fully saturated rings. The Morgan fingerprint density at radius 1 is 1.00 bits per heavy atom. The summed E-state index contributed by atoms with van der Waals surface area (Å²) in [6.45, 7) is 18.9. The number of allylic oxidation sites excluding steroid dienone is 2. The van der Waals surface area contributed by atoms with Crippen molar-refractivity contribution in [2.45, 2.75) is 148 Å². The molecule has 0 amide bonds. The minimum atomic E-state index is -1.55. The summed E-state index contributed by atoms with van der Waals surface area (Å²) < 4.78 is 12.8. The summed E-state index contributed by atoms with van der Waals surface area (Å²) in [5.74, 6) is 0.545. The quantitative estimate of drug-likeness (QED) is 0.223. The van der Waals surface area contributed by atoms with Crippen molar-refractivity contribution < 1.29 is 40.1 Å². The number of rotatable bonds is 8. The Bertz CT molecular complexity index is 1170. The van der Waals surface area contributed by atoms with E-state index in [1.165, 1.54) is 11.1 Å². The molecule has 8 heteroatoms. The van der Waals surface area contributed by atoms with Gasteiger partial charge >= 0.3 is 0 Å². The summed E-state index contributed by atoms with van der Waals surface area (Å²) in [5.41, 5.74) is 2.69. The van der Waals surface area contributed by atoms with Crippen molar-refractivity contribution in [2.24, 2.45) is 34.0 Å². The van der Waals surface area contributed by atoms with E-state index in [1.54, 1.807) is 0 Å². The maximum absolute atomic E-state index is 12.3. The fraction of sp³-hybridized carbons (Fsp3) is 0.833. The lowest BCUT2D eigenvalue weighted by molar-refractivity contribution is -0.347. The fourth-order valence-electron chi connectivity index (χ4n) is 10.0. The average Bonchev–Trinajstić information content (AvgIpc) is 3.28. The van der Waals surface area contributed by atoms with Gasteiger partial charge in [0.1, 0.15) is 24.4 Å². The van der Waals surface area contributed by atoms with Gasteiger partial charge < -0.3 is 40.1 Å². The van der Waals surface area contributed by atoms with Crippen molar-refractivity contribution in [3.8, 4) is 0 Å². The number of aliphatic hydroxyl groups excluding tert-OH is 6. The lowest BCUT2D eigenvalue weighted by Gasteiger charge is -2.61. The van der Waals surface area contributed by atoms with E-state index in [9.17, 15) is 30.6 Å². The first-order valence-electron chi connectivity index (χ1n) is 16.9. The topological polar surface area (TPSA) is 140 Å². The molecule has 12 atom stereocenters. The zero-order chi connectivity index (χ0) is 32.6. The van der Waals surface area contributed by atoms with Crippen LogP contribution in [0.5, 0.6) is 0 Å². The van der Waals surface area contributed by atoms with Crippen LogP contribution in [0.4, 0.5) is 0 Å². The molecule has 6 N–H and O–H groups in total. The Kier molecular flexibility index (Phi) is 9.22. The highest BCUT2D eigenvalue weighted by atomic mass is 16.7. The van der Waals surface area contributed by atoms with Gasteiger partial charge in [0.25, 0.3) is 0 Å². The van der Waals surface area contributed by atoms with Gasteiger partial charge in [0.2, 0.25) is 0 Å². The molecule has 0 bridgehead atoms. The molecule has 1 heterocycles. The average molecular weight is 619 g/mol. The number of fused-ring (bicyclic) bond motifs is 4. The zero-order valence-electron chi connectivity index (χ0n) is 27.9. The van der Waals surface area contributed by atoms with Gasteiger partial charge in [0.15, 0.2) is 6.29 Å². The smallest absolute Gasteiger partial charge is 0.187 e. The minimum absolute atomic E-state index is 0.100. The third-order valence-electron chi connectivity index (χ3n) is 13.3. The second-order valence-corrected chi connectivity index (χ2v) is 16.0. The number of hydrogen-bond donors (Lipinski definition) is 6. The molecule has 0 aromatic rings. The van der Waals surface area contributed by atoms with Crippen molar-refractivity contribution in [1.29, 1.82) is 0 Å². The molecular weight excluding hydrogens is 560 g/mol. The second-order valence-electron chi connectivity index (χ2n) is 16.0. The molecule has 9 unspecified atom stereocenters. The first kappa shape index (κ1) is 34.2. The zero-order valence-corrected chi connectivity index (χ0v) is 27.9. The van der Waals surface area contributed by atoms with Crippen LogP contribution < -0.4 is 0 Å². The molecule has 8 nitrogen and oxygen atoms in total. The van der Waals surface area contributed by atoms with Crippen molar-refractivity contribution in [3.63, 3.8) is 0 Å². The van der Waals surface area contributed by atoms with E-state index in [-0.39, 0.29) is 22.9 Å². The first-order valence-corrected chi connectivity index (χ1v) is 16.9. The second kappa shape index (κ2) is 11.9. The molecule has 0 spiro atoms. The van der Waals surface area contributed by atoms with Gasteiger partial charge in [0.05, 0.1) is 24.4 Å². The van der Waals surface area contributed by atoms with Crippen LogP contribution >= 0.6 is 0 Å². The summed E-state index contributed by atoms with van der Waals surface area (Å²) >= 11 is 0. The molecule has 5 rings (SSSR count). The van der Waals surface area contributed by atoms with Gasteiger partial charge in [-0.15, -0.1) is 0 Å².